The summed E-state index contributed by atoms with van der Waals surface area (Å²) in [6, 6.07) is 8.23. The van der Waals surface area contributed by atoms with Crippen LogP contribution in [0.3, 0.4) is 0 Å². The summed E-state index contributed by atoms with van der Waals surface area (Å²) < 4.78 is 37.3. The molecule has 0 bridgehead atoms. The van der Waals surface area contributed by atoms with Gasteiger partial charge in [-0.3, -0.25) is 4.79 Å². The van der Waals surface area contributed by atoms with E-state index in [4.69, 9.17) is 32.7 Å². The molecule has 27 heavy (non-hydrogen) atoms. The number of nitrogens with zero attached hydrogens (tertiary/aromatic N) is 1. The number of carbonyl (C=O) groups excluding carboxylic acids is 1. The number of carbonyl (C=O) groups is 1. The Morgan fingerprint density at radius 1 is 1.07 bits per heavy atom. The highest BCUT2D eigenvalue weighted by Gasteiger charge is 2.24. The average molecular weight is 416 g/mol. The minimum absolute atomic E-state index is 0.129. The second kappa shape index (κ2) is 8.76. The van der Waals surface area contributed by atoms with Crippen molar-refractivity contribution in [2.75, 3.05) is 19.7 Å². The summed E-state index contributed by atoms with van der Waals surface area (Å²) in [5, 5.41) is 0.829. The molecule has 1 aliphatic rings. The number of halogens is 4. The third-order valence-electron chi connectivity index (χ3n) is 4.23. The number of piperidine rings is 1. The van der Waals surface area contributed by atoms with Crippen LogP contribution in [0.15, 0.2) is 36.4 Å². The molecule has 4 nitrogen and oxygen atoms in total. The zero-order valence-electron chi connectivity index (χ0n) is 14.3. The fraction of sp³-hybridized carbons (Fsp3) is 0.316. The number of rotatable bonds is 5. The lowest BCUT2D eigenvalue weighted by atomic mass is 10.1. The van der Waals surface area contributed by atoms with Crippen LogP contribution >= 0.6 is 23.2 Å². The van der Waals surface area contributed by atoms with Gasteiger partial charge in [-0.05, 0) is 30.3 Å². The molecule has 0 aliphatic carbocycles. The van der Waals surface area contributed by atoms with Gasteiger partial charge < -0.3 is 14.4 Å². The van der Waals surface area contributed by atoms with Crippen LogP contribution in [-0.4, -0.2) is 36.6 Å². The predicted molar refractivity (Wildman–Crippen MR) is 98.5 cm³/mol. The molecule has 1 fully saturated rings. The first-order chi connectivity index (χ1) is 12.9. The Morgan fingerprint density at radius 3 is 2.48 bits per heavy atom. The van der Waals surface area contributed by atoms with Crippen molar-refractivity contribution in [3.63, 3.8) is 0 Å². The fourth-order valence-corrected chi connectivity index (χ4v) is 3.25. The summed E-state index contributed by atoms with van der Waals surface area (Å²) in [7, 11) is 0. The van der Waals surface area contributed by atoms with Crippen molar-refractivity contribution in [2.24, 2.45) is 0 Å². The maximum absolute atomic E-state index is 13.2. The molecule has 144 valence electrons. The first-order valence-electron chi connectivity index (χ1n) is 8.39. The van der Waals surface area contributed by atoms with E-state index in [9.17, 15) is 13.6 Å². The molecule has 2 aromatic rings. The van der Waals surface area contributed by atoms with Crippen LogP contribution < -0.4 is 9.47 Å². The highest BCUT2D eigenvalue weighted by molar-refractivity contribution is 6.35. The second-order valence-electron chi connectivity index (χ2n) is 6.14. The quantitative estimate of drug-likeness (QED) is 0.708. The third kappa shape index (κ3) is 5.23. The molecule has 1 saturated heterocycles. The molecule has 1 amide bonds. The summed E-state index contributed by atoms with van der Waals surface area (Å²) in [6.07, 6.45) is 1.02. The highest BCUT2D eigenvalue weighted by atomic mass is 35.5. The number of benzene rings is 2. The largest absolute Gasteiger partial charge is 0.490 e. The van der Waals surface area contributed by atoms with Crippen LogP contribution in [0.4, 0.5) is 8.78 Å². The van der Waals surface area contributed by atoms with E-state index in [-0.39, 0.29) is 24.4 Å². The maximum Gasteiger partial charge on any atom is 0.260 e. The maximum atomic E-state index is 13.2. The molecule has 0 aromatic heterocycles. The number of hydrogen-bond acceptors (Lipinski definition) is 3. The molecule has 0 unspecified atom stereocenters. The zero-order valence-corrected chi connectivity index (χ0v) is 15.8. The molecule has 0 spiro atoms. The van der Waals surface area contributed by atoms with Crippen LogP contribution in [0, 0.1) is 11.6 Å². The van der Waals surface area contributed by atoms with Gasteiger partial charge in [-0.2, -0.15) is 0 Å². The monoisotopic (exact) mass is 415 g/mol. The van der Waals surface area contributed by atoms with Gasteiger partial charge in [0.15, 0.2) is 18.2 Å². The Hall–Kier alpha value is -2.05. The lowest BCUT2D eigenvalue weighted by molar-refractivity contribution is -0.135. The molecule has 0 saturated carbocycles. The molecule has 1 heterocycles. The van der Waals surface area contributed by atoms with Crippen LogP contribution in [0.25, 0.3) is 0 Å². The van der Waals surface area contributed by atoms with Crippen LogP contribution in [-0.2, 0) is 4.79 Å². The molecule has 2 aromatic carbocycles. The van der Waals surface area contributed by atoms with E-state index >= 15 is 0 Å². The minimum atomic E-state index is -0.946. The SMILES string of the molecule is O=C(COc1ccc(Cl)cc1Cl)N1CCC(Oc2ccc(F)c(F)c2)CC1. The Labute approximate surface area is 165 Å². The van der Waals surface area contributed by atoms with Crippen LogP contribution in [0.1, 0.15) is 12.8 Å². The lowest BCUT2D eigenvalue weighted by Crippen LogP contribution is -2.43. The Balaban J connectivity index is 1.46. The van der Waals surface area contributed by atoms with Crippen molar-refractivity contribution in [3.8, 4) is 11.5 Å². The van der Waals surface area contributed by atoms with Crippen molar-refractivity contribution in [3.05, 3.63) is 58.1 Å². The highest BCUT2D eigenvalue weighted by Crippen LogP contribution is 2.27. The van der Waals surface area contributed by atoms with E-state index in [0.29, 0.717) is 41.7 Å². The molecule has 0 atom stereocenters. The normalized spacial score (nSPS) is 14.9. The lowest BCUT2D eigenvalue weighted by Gasteiger charge is -2.32. The predicted octanol–water partition coefficient (Wildman–Crippen LogP) is 4.72. The molecule has 3 rings (SSSR count). The van der Waals surface area contributed by atoms with Gasteiger partial charge in [0.2, 0.25) is 0 Å². The Morgan fingerprint density at radius 2 is 1.81 bits per heavy atom. The van der Waals surface area contributed by atoms with Crippen molar-refractivity contribution in [1.29, 1.82) is 0 Å². The number of likely N-dealkylation sites (tertiary alicyclic amines) is 1. The Bertz CT molecular complexity index is 827. The van der Waals surface area contributed by atoms with E-state index in [2.05, 4.69) is 0 Å². The van der Waals surface area contributed by atoms with Crippen molar-refractivity contribution < 1.29 is 23.0 Å². The number of hydrogen-bond donors (Lipinski definition) is 0. The average Bonchev–Trinajstić information content (AvgIpc) is 2.64. The number of amides is 1. The van der Waals surface area contributed by atoms with Gasteiger partial charge in [-0.25, -0.2) is 8.78 Å². The first kappa shape index (κ1) is 19.7. The van der Waals surface area contributed by atoms with Crippen molar-refractivity contribution in [1.82, 2.24) is 4.90 Å². The topological polar surface area (TPSA) is 38.8 Å². The van der Waals surface area contributed by atoms with Gasteiger partial charge in [-0.15, -0.1) is 0 Å². The summed E-state index contributed by atoms with van der Waals surface area (Å²) in [5.74, 6) is -1.35. The molecular weight excluding hydrogens is 399 g/mol. The molecular formula is C19H17Cl2F2NO3. The van der Waals surface area contributed by atoms with Gasteiger partial charge in [-0.1, -0.05) is 23.2 Å². The van der Waals surface area contributed by atoms with Crippen LogP contribution in [0.5, 0.6) is 11.5 Å². The van der Waals surface area contributed by atoms with Gasteiger partial charge >= 0.3 is 0 Å². The van der Waals surface area contributed by atoms with E-state index in [0.717, 1.165) is 12.1 Å². The Kier molecular flexibility index (Phi) is 6.39. The van der Waals surface area contributed by atoms with Crippen molar-refractivity contribution >= 4 is 29.1 Å². The summed E-state index contributed by atoms with van der Waals surface area (Å²) >= 11 is 11.8. The van der Waals surface area contributed by atoms with Gasteiger partial charge in [0.25, 0.3) is 5.91 Å². The van der Waals surface area contributed by atoms with E-state index in [1.165, 1.54) is 6.07 Å². The van der Waals surface area contributed by atoms with Gasteiger partial charge in [0, 0.05) is 37.0 Å². The number of ether oxygens (including phenoxy) is 2. The van der Waals surface area contributed by atoms with E-state index in [1.807, 2.05) is 0 Å². The third-order valence-corrected chi connectivity index (χ3v) is 4.76. The molecule has 1 aliphatic heterocycles. The van der Waals surface area contributed by atoms with Gasteiger partial charge in [0.05, 0.1) is 5.02 Å². The smallest absolute Gasteiger partial charge is 0.260 e. The second-order valence-corrected chi connectivity index (χ2v) is 6.98. The van der Waals surface area contributed by atoms with Crippen molar-refractivity contribution in [2.45, 2.75) is 18.9 Å². The minimum Gasteiger partial charge on any atom is -0.490 e. The first-order valence-corrected chi connectivity index (χ1v) is 9.15. The molecule has 0 N–H and O–H groups in total. The summed E-state index contributed by atoms with van der Waals surface area (Å²) in [5.41, 5.74) is 0. The van der Waals surface area contributed by atoms with E-state index < -0.39 is 11.6 Å². The molecule has 8 heteroatoms. The summed E-state index contributed by atoms with van der Waals surface area (Å²) in [4.78, 5) is 14.0. The van der Waals surface area contributed by atoms with E-state index in [1.54, 1.807) is 23.1 Å². The van der Waals surface area contributed by atoms with Crippen LogP contribution in [0.2, 0.25) is 10.0 Å². The summed E-state index contributed by atoms with van der Waals surface area (Å²) in [6.45, 7) is 0.853. The fourth-order valence-electron chi connectivity index (χ4n) is 2.79. The molecule has 0 radical (unpaired) electrons. The standard InChI is InChI=1S/C19H17Cl2F2NO3/c20-12-1-4-18(15(21)9-12)26-11-19(25)24-7-5-13(6-8-24)27-14-2-3-16(22)17(23)10-14/h1-4,9-10,13H,5-8,11H2. The zero-order chi connectivity index (χ0) is 19.4. The van der Waals surface area contributed by atoms with Gasteiger partial charge in [0.1, 0.15) is 17.6 Å².